The van der Waals surface area contributed by atoms with Gasteiger partial charge in [0.15, 0.2) is 6.61 Å². The molecule has 21 heavy (non-hydrogen) atoms. The van der Waals surface area contributed by atoms with Gasteiger partial charge in [-0.15, -0.1) is 0 Å². The molecule has 2 rings (SSSR count). The normalized spacial score (nSPS) is 21.9. The van der Waals surface area contributed by atoms with Gasteiger partial charge in [0.25, 0.3) is 5.91 Å². The Balaban J connectivity index is 1.73. The summed E-state index contributed by atoms with van der Waals surface area (Å²) in [5.41, 5.74) is 0.928. The van der Waals surface area contributed by atoms with Crippen LogP contribution in [-0.4, -0.2) is 30.3 Å². The first-order valence-corrected chi connectivity index (χ1v) is 7.75. The number of amides is 1. The molecule has 0 spiro atoms. The number of aliphatic hydroxyl groups excluding tert-OH is 1. The molecule has 0 aromatic heterocycles. The Kier molecular flexibility index (Phi) is 5.88. The monoisotopic (exact) mass is 311 g/mol. The minimum absolute atomic E-state index is 0.0149. The molecule has 1 fully saturated rings. The van der Waals surface area contributed by atoms with Gasteiger partial charge >= 0.3 is 0 Å². The molecule has 0 saturated heterocycles. The van der Waals surface area contributed by atoms with Crippen LogP contribution < -0.4 is 10.1 Å². The van der Waals surface area contributed by atoms with E-state index in [1.54, 1.807) is 12.1 Å². The molecule has 1 aromatic carbocycles. The Hall–Kier alpha value is -1.26. The summed E-state index contributed by atoms with van der Waals surface area (Å²) in [6, 6.07) is 5.55. The lowest BCUT2D eigenvalue weighted by Crippen LogP contribution is -2.40. The van der Waals surface area contributed by atoms with Crippen molar-refractivity contribution in [2.24, 2.45) is 5.92 Å². The van der Waals surface area contributed by atoms with Gasteiger partial charge in [-0.25, -0.2) is 0 Å². The SMILES string of the molecule is Cc1cc(OCC(=O)NC2CCC(CO)CC2)ccc1Cl. The van der Waals surface area contributed by atoms with Crippen molar-refractivity contribution in [2.45, 2.75) is 38.6 Å². The summed E-state index contributed by atoms with van der Waals surface area (Å²) >= 11 is 5.94. The molecule has 4 nitrogen and oxygen atoms in total. The highest BCUT2D eigenvalue weighted by molar-refractivity contribution is 6.31. The topological polar surface area (TPSA) is 58.6 Å². The number of carbonyl (C=O) groups is 1. The fraction of sp³-hybridized carbons (Fsp3) is 0.562. The largest absolute Gasteiger partial charge is 0.484 e. The van der Waals surface area contributed by atoms with Crippen molar-refractivity contribution in [2.75, 3.05) is 13.2 Å². The highest BCUT2D eigenvalue weighted by atomic mass is 35.5. The first-order valence-electron chi connectivity index (χ1n) is 7.37. The maximum absolute atomic E-state index is 11.9. The maximum atomic E-state index is 11.9. The lowest BCUT2D eigenvalue weighted by molar-refractivity contribution is -0.124. The number of halogens is 1. The first-order chi connectivity index (χ1) is 10.1. The van der Waals surface area contributed by atoms with Crippen molar-refractivity contribution in [3.63, 3.8) is 0 Å². The lowest BCUT2D eigenvalue weighted by Gasteiger charge is -2.27. The van der Waals surface area contributed by atoms with E-state index in [-0.39, 0.29) is 25.2 Å². The number of benzene rings is 1. The molecule has 0 unspecified atom stereocenters. The number of rotatable bonds is 5. The smallest absolute Gasteiger partial charge is 0.258 e. The van der Waals surface area contributed by atoms with Crippen LogP contribution in [0.15, 0.2) is 18.2 Å². The third-order valence-corrected chi connectivity index (χ3v) is 4.39. The van der Waals surface area contributed by atoms with Crippen LogP contribution in [0.25, 0.3) is 0 Å². The molecule has 0 atom stereocenters. The summed E-state index contributed by atoms with van der Waals surface area (Å²) in [6.07, 6.45) is 3.80. The third kappa shape index (κ3) is 4.90. The van der Waals surface area contributed by atoms with Crippen molar-refractivity contribution in [3.8, 4) is 5.75 Å². The van der Waals surface area contributed by atoms with E-state index in [1.807, 2.05) is 13.0 Å². The summed E-state index contributed by atoms with van der Waals surface area (Å²) in [6.45, 7) is 2.16. The van der Waals surface area contributed by atoms with Gasteiger partial charge in [0.05, 0.1) is 0 Å². The van der Waals surface area contributed by atoms with Crippen LogP contribution in [0.3, 0.4) is 0 Å². The quantitative estimate of drug-likeness (QED) is 0.879. The predicted octanol–water partition coefficient (Wildman–Crippen LogP) is 2.69. The Morgan fingerprint density at radius 1 is 1.38 bits per heavy atom. The van der Waals surface area contributed by atoms with Gasteiger partial charge in [-0.2, -0.15) is 0 Å². The standard InChI is InChI=1S/C16H22ClNO3/c1-11-8-14(6-7-15(11)17)21-10-16(20)18-13-4-2-12(9-19)3-5-13/h6-8,12-13,19H,2-5,9-10H2,1H3,(H,18,20). The molecular weight excluding hydrogens is 290 g/mol. The van der Waals surface area contributed by atoms with E-state index in [2.05, 4.69) is 5.32 Å². The van der Waals surface area contributed by atoms with Crippen LogP contribution in [0.5, 0.6) is 5.75 Å². The minimum atomic E-state index is -0.102. The van der Waals surface area contributed by atoms with Crippen molar-refractivity contribution < 1.29 is 14.6 Å². The Morgan fingerprint density at radius 3 is 2.71 bits per heavy atom. The maximum Gasteiger partial charge on any atom is 0.258 e. The summed E-state index contributed by atoms with van der Waals surface area (Å²) < 4.78 is 5.48. The van der Waals surface area contributed by atoms with Gasteiger partial charge in [-0.3, -0.25) is 4.79 Å². The summed E-state index contributed by atoms with van der Waals surface area (Å²) in [5, 5.41) is 12.8. The molecule has 1 amide bonds. The highest BCUT2D eigenvalue weighted by Crippen LogP contribution is 2.24. The number of aryl methyl sites for hydroxylation is 1. The summed E-state index contributed by atoms with van der Waals surface area (Å²) in [5.74, 6) is 0.942. The van der Waals surface area contributed by atoms with E-state index in [4.69, 9.17) is 21.4 Å². The molecule has 0 bridgehead atoms. The zero-order chi connectivity index (χ0) is 15.2. The van der Waals surface area contributed by atoms with Crippen molar-refractivity contribution in [3.05, 3.63) is 28.8 Å². The average Bonchev–Trinajstić information content (AvgIpc) is 2.49. The van der Waals surface area contributed by atoms with Gasteiger partial charge in [0.1, 0.15) is 5.75 Å². The average molecular weight is 312 g/mol. The van der Waals surface area contributed by atoms with Gasteiger partial charge < -0.3 is 15.2 Å². The van der Waals surface area contributed by atoms with Crippen LogP contribution in [0, 0.1) is 12.8 Å². The van der Waals surface area contributed by atoms with E-state index in [0.717, 1.165) is 31.2 Å². The Bertz CT molecular complexity index is 484. The molecule has 2 N–H and O–H groups in total. The highest BCUT2D eigenvalue weighted by Gasteiger charge is 2.21. The van der Waals surface area contributed by atoms with E-state index in [9.17, 15) is 4.79 Å². The van der Waals surface area contributed by atoms with Crippen LogP contribution in [0.1, 0.15) is 31.2 Å². The summed E-state index contributed by atoms with van der Waals surface area (Å²) in [7, 11) is 0. The number of aliphatic hydroxyl groups is 1. The molecule has 1 aliphatic carbocycles. The second kappa shape index (κ2) is 7.66. The number of nitrogens with one attached hydrogen (secondary N) is 1. The van der Waals surface area contributed by atoms with E-state index >= 15 is 0 Å². The summed E-state index contributed by atoms with van der Waals surface area (Å²) in [4.78, 5) is 11.9. The second-order valence-electron chi connectivity index (χ2n) is 5.67. The zero-order valence-electron chi connectivity index (χ0n) is 12.3. The van der Waals surface area contributed by atoms with Crippen molar-refractivity contribution >= 4 is 17.5 Å². The van der Waals surface area contributed by atoms with Crippen molar-refractivity contribution in [1.82, 2.24) is 5.32 Å². The molecule has 1 aliphatic rings. The van der Waals surface area contributed by atoms with Crippen LogP contribution in [0.4, 0.5) is 0 Å². The third-order valence-electron chi connectivity index (χ3n) is 3.97. The molecule has 1 saturated carbocycles. The van der Waals surface area contributed by atoms with Gasteiger partial charge in [0, 0.05) is 17.7 Å². The minimum Gasteiger partial charge on any atom is -0.484 e. The van der Waals surface area contributed by atoms with Gasteiger partial charge in [-0.05, 0) is 62.3 Å². The number of ether oxygens (including phenoxy) is 1. The lowest BCUT2D eigenvalue weighted by atomic mass is 9.86. The number of carbonyl (C=O) groups excluding carboxylic acids is 1. The molecular formula is C16H22ClNO3. The fourth-order valence-corrected chi connectivity index (χ4v) is 2.73. The van der Waals surface area contributed by atoms with Crippen molar-refractivity contribution in [1.29, 1.82) is 0 Å². The second-order valence-corrected chi connectivity index (χ2v) is 6.07. The molecule has 0 heterocycles. The Morgan fingerprint density at radius 2 is 2.10 bits per heavy atom. The van der Waals surface area contributed by atoms with Crippen LogP contribution >= 0.6 is 11.6 Å². The predicted molar refractivity (Wildman–Crippen MR) is 82.7 cm³/mol. The molecule has 116 valence electrons. The number of hydrogen-bond donors (Lipinski definition) is 2. The van der Waals surface area contributed by atoms with Gasteiger partial charge in [-0.1, -0.05) is 11.6 Å². The fourth-order valence-electron chi connectivity index (χ4n) is 2.61. The number of hydrogen-bond acceptors (Lipinski definition) is 3. The van der Waals surface area contributed by atoms with Crippen LogP contribution in [-0.2, 0) is 4.79 Å². The molecule has 5 heteroatoms. The van der Waals surface area contributed by atoms with E-state index < -0.39 is 0 Å². The zero-order valence-corrected chi connectivity index (χ0v) is 13.0. The first kappa shape index (κ1) is 16.1. The van der Waals surface area contributed by atoms with Gasteiger partial charge in [0.2, 0.25) is 0 Å². The van der Waals surface area contributed by atoms with E-state index in [1.165, 1.54) is 0 Å². The molecule has 0 radical (unpaired) electrons. The molecule has 0 aliphatic heterocycles. The van der Waals surface area contributed by atoms with Crippen LogP contribution in [0.2, 0.25) is 5.02 Å². The molecule has 1 aromatic rings. The Labute approximate surface area is 130 Å². The van der Waals surface area contributed by atoms with E-state index in [0.29, 0.717) is 16.7 Å².